The monoisotopic (exact) mass is 247 g/mol. The van der Waals surface area contributed by atoms with E-state index < -0.39 is 0 Å². The van der Waals surface area contributed by atoms with Crippen LogP contribution in [0.5, 0.6) is 0 Å². The van der Waals surface area contributed by atoms with Crippen LogP contribution in [0.3, 0.4) is 0 Å². The highest BCUT2D eigenvalue weighted by Gasteiger charge is 2.05. The molecule has 5 heteroatoms. The number of hydrogen-bond donors (Lipinski definition) is 0. The molecule has 5 nitrogen and oxygen atoms in total. The van der Waals surface area contributed by atoms with Crippen LogP contribution >= 0.6 is 0 Å². The summed E-state index contributed by atoms with van der Waals surface area (Å²) >= 11 is 0. The second kappa shape index (κ2) is 11.8. The fourth-order valence-corrected chi connectivity index (χ4v) is 1.33. The molecule has 0 spiro atoms. The second-order valence-electron chi connectivity index (χ2n) is 3.58. The first-order chi connectivity index (χ1) is 8.20. The first kappa shape index (κ1) is 16.4. The third kappa shape index (κ3) is 11.6. The lowest BCUT2D eigenvalue weighted by molar-refractivity contribution is -0.141. The molecule has 0 unspecified atom stereocenters. The van der Waals surface area contributed by atoms with Gasteiger partial charge in [0.15, 0.2) is 0 Å². The van der Waals surface area contributed by atoms with Crippen LogP contribution < -0.4 is 0 Å². The summed E-state index contributed by atoms with van der Waals surface area (Å²) < 4.78 is 15.5. The van der Waals surface area contributed by atoms with Crippen molar-refractivity contribution in [1.29, 1.82) is 0 Å². The van der Waals surface area contributed by atoms with Gasteiger partial charge in [-0.25, -0.2) is 0 Å². The predicted molar refractivity (Wildman–Crippen MR) is 66.1 cm³/mol. The van der Waals surface area contributed by atoms with Gasteiger partial charge in [0.05, 0.1) is 13.2 Å². The van der Waals surface area contributed by atoms with Crippen LogP contribution in [-0.4, -0.2) is 63.5 Å². The summed E-state index contributed by atoms with van der Waals surface area (Å²) in [6.07, 6.45) is 0. The van der Waals surface area contributed by atoms with E-state index >= 15 is 0 Å². The number of hydrogen-bond acceptors (Lipinski definition) is 5. The molecular weight excluding hydrogens is 222 g/mol. The van der Waals surface area contributed by atoms with Gasteiger partial charge in [-0.1, -0.05) is 0 Å². The highest BCUT2D eigenvalue weighted by atomic mass is 16.5. The number of ether oxygens (including phenoxy) is 3. The normalized spacial score (nSPS) is 10.8. The van der Waals surface area contributed by atoms with Gasteiger partial charge in [0.2, 0.25) is 0 Å². The van der Waals surface area contributed by atoms with E-state index in [1.54, 1.807) is 0 Å². The van der Waals surface area contributed by atoms with Gasteiger partial charge in [-0.3, -0.25) is 9.69 Å². The van der Waals surface area contributed by atoms with Gasteiger partial charge >= 0.3 is 5.97 Å². The maximum absolute atomic E-state index is 10.7. The molecule has 0 bridgehead atoms. The van der Waals surface area contributed by atoms with Crippen molar-refractivity contribution in [2.75, 3.05) is 52.7 Å². The Hall–Kier alpha value is -0.650. The zero-order chi connectivity index (χ0) is 12.9. The molecule has 0 aromatic carbocycles. The lowest BCUT2D eigenvalue weighted by Crippen LogP contribution is -2.34. The summed E-state index contributed by atoms with van der Waals surface area (Å²) in [5, 5.41) is 0. The third-order valence-electron chi connectivity index (χ3n) is 2.22. The summed E-state index contributed by atoms with van der Waals surface area (Å²) in [6.45, 7) is 11.0. The molecule has 0 heterocycles. The van der Waals surface area contributed by atoms with Crippen molar-refractivity contribution in [2.24, 2.45) is 0 Å². The molecule has 0 amide bonds. The van der Waals surface area contributed by atoms with Crippen LogP contribution in [0.15, 0.2) is 0 Å². The largest absolute Gasteiger partial charge is 0.465 e. The highest BCUT2D eigenvalue weighted by Crippen LogP contribution is 1.91. The average Bonchev–Trinajstić information content (AvgIpc) is 2.28. The molecule has 0 rings (SSSR count). The fraction of sp³-hybridized carbons (Fsp3) is 0.917. The number of rotatable bonds is 11. The van der Waals surface area contributed by atoms with E-state index in [-0.39, 0.29) is 5.97 Å². The predicted octanol–water partition coefficient (Wildman–Crippen LogP) is 0.924. The molecule has 0 aliphatic heterocycles. The molecule has 0 fully saturated rings. The number of nitrogens with zero attached hydrogens (tertiary/aromatic N) is 1. The van der Waals surface area contributed by atoms with Crippen LogP contribution in [0.1, 0.15) is 20.8 Å². The van der Waals surface area contributed by atoms with Crippen LogP contribution in [0.25, 0.3) is 0 Å². The molecular formula is C12H25NO4. The Labute approximate surface area is 104 Å². The lowest BCUT2D eigenvalue weighted by atomic mass is 10.4. The van der Waals surface area contributed by atoms with E-state index in [9.17, 15) is 4.79 Å². The van der Waals surface area contributed by atoms with E-state index in [0.29, 0.717) is 19.8 Å². The smallest absolute Gasteiger partial charge is 0.302 e. The molecule has 0 radical (unpaired) electrons. The first-order valence-corrected chi connectivity index (χ1v) is 6.21. The Bertz CT molecular complexity index is 177. The zero-order valence-electron chi connectivity index (χ0n) is 11.2. The topological polar surface area (TPSA) is 48.0 Å². The van der Waals surface area contributed by atoms with Crippen molar-refractivity contribution in [1.82, 2.24) is 4.90 Å². The zero-order valence-corrected chi connectivity index (χ0v) is 11.2. The van der Waals surface area contributed by atoms with Crippen molar-refractivity contribution < 1.29 is 19.0 Å². The van der Waals surface area contributed by atoms with E-state index in [2.05, 4.69) is 4.90 Å². The van der Waals surface area contributed by atoms with E-state index in [4.69, 9.17) is 14.2 Å². The average molecular weight is 247 g/mol. The summed E-state index contributed by atoms with van der Waals surface area (Å²) in [4.78, 5) is 12.8. The van der Waals surface area contributed by atoms with Gasteiger partial charge in [0, 0.05) is 39.8 Å². The molecule has 0 aliphatic carbocycles. The minimum Gasteiger partial charge on any atom is -0.465 e. The van der Waals surface area contributed by atoms with Crippen molar-refractivity contribution >= 4 is 5.97 Å². The van der Waals surface area contributed by atoms with Gasteiger partial charge in [-0.05, 0) is 13.8 Å². The van der Waals surface area contributed by atoms with Gasteiger partial charge in [0.25, 0.3) is 0 Å². The molecule has 0 saturated heterocycles. The molecule has 102 valence electrons. The Kier molecular flexibility index (Phi) is 11.4. The fourth-order valence-electron chi connectivity index (χ4n) is 1.33. The molecule has 0 aromatic rings. The number of esters is 1. The van der Waals surface area contributed by atoms with Crippen LogP contribution in [0.4, 0.5) is 0 Å². The van der Waals surface area contributed by atoms with Gasteiger partial charge in [-0.2, -0.15) is 0 Å². The maximum Gasteiger partial charge on any atom is 0.302 e. The second-order valence-corrected chi connectivity index (χ2v) is 3.58. The molecule has 0 atom stereocenters. The maximum atomic E-state index is 10.7. The standard InChI is InChI=1S/C12H25NO4/c1-4-15-9-6-13(7-10-16-5-2)8-11-17-12(3)14/h4-11H2,1-3H3. The SMILES string of the molecule is CCOCCN(CCOCC)CCOC(C)=O. The summed E-state index contributed by atoms with van der Waals surface area (Å²) in [6, 6.07) is 0. The van der Waals surface area contributed by atoms with Crippen molar-refractivity contribution in [3.63, 3.8) is 0 Å². The minimum atomic E-state index is -0.237. The van der Waals surface area contributed by atoms with Crippen LogP contribution in [0, 0.1) is 0 Å². The number of carbonyl (C=O) groups excluding carboxylic acids is 1. The van der Waals surface area contributed by atoms with E-state index in [1.807, 2.05) is 13.8 Å². The highest BCUT2D eigenvalue weighted by molar-refractivity contribution is 5.65. The van der Waals surface area contributed by atoms with Crippen molar-refractivity contribution in [3.8, 4) is 0 Å². The molecule has 17 heavy (non-hydrogen) atoms. The molecule has 0 aromatic heterocycles. The Morgan fingerprint density at radius 1 is 0.941 bits per heavy atom. The van der Waals surface area contributed by atoms with Crippen molar-refractivity contribution in [3.05, 3.63) is 0 Å². The van der Waals surface area contributed by atoms with Gasteiger partial charge < -0.3 is 14.2 Å². The van der Waals surface area contributed by atoms with Crippen LogP contribution in [-0.2, 0) is 19.0 Å². The summed E-state index contributed by atoms with van der Waals surface area (Å²) in [7, 11) is 0. The van der Waals surface area contributed by atoms with Crippen LogP contribution in [0.2, 0.25) is 0 Å². The molecule has 0 N–H and O–H groups in total. The molecule has 0 aliphatic rings. The Morgan fingerprint density at radius 2 is 1.41 bits per heavy atom. The lowest BCUT2D eigenvalue weighted by Gasteiger charge is -2.21. The van der Waals surface area contributed by atoms with Gasteiger partial charge in [0.1, 0.15) is 6.61 Å². The van der Waals surface area contributed by atoms with E-state index in [1.165, 1.54) is 6.92 Å². The van der Waals surface area contributed by atoms with Gasteiger partial charge in [-0.15, -0.1) is 0 Å². The van der Waals surface area contributed by atoms with Crippen molar-refractivity contribution in [2.45, 2.75) is 20.8 Å². The third-order valence-corrected chi connectivity index (χ3v) is 2.22. The molecule has 0 saturated carbocycles. The Morgan fingerprint density at radius 3 is 1.82 bits per heavy atom. The van der Waals surface area contributed by atoms with E-state index in [0.717, 1.165) is 32.8 Å². The summed E-state index contributed by atoms with van der Waals surface area (Å²) in [5.41, 5.74) is 0. The minimum absolute atomic E-state index is 0.237. The summed E-state index contributed by atoms with van der Waals surface area (Å²) in [5.74, 6) is -0.237. The number of carbonyl (C=O) groups is 1. The quantitative estimate of drug-likeness (QED) is 0.401. The first-order valence-electron chi connectivity index (χ1n) is 6.21. The Balaban J connectivity index is 3.71.